The minimum atomic E-state index is -1.60. The van der Waals surface area contributed by atoms with E-state index >= 15 is 0 Å². The third-order valence-corrected chi connectivity index (χ3v) is 4.78. The van der Waals surface area contributed by atoms with Crippen molar-refractivity contribution in [2.75, 3.05) is 7.11 Å². The van der Waals surface area contributed by atoms with E-state index < -0.39 is 34.2 Å². The third-order valence-electron chi connectivity index (χ3n) is 3.72. The van der Waals surface area contributed by atoms with Crippen LogP contribution in [0.3, 0.4) is 0 Å². The average Bonchev–Trinajstić information content (AvgIpc) is 2.73. The molecule has 3 rings (SSSR count). The van der Waals surface area contributed by atoms with E-state index in [0.29, 0.717) is 0 Å². The summed E-state index contributed by atoms with van der Waals surface area (Å²) >= 11 is 12.2. The molecule has 0 radical (unpaired) electrons. The number of rotatable bonds is 1. The lowest BCUT2D eigenvalue weighted by Gasteiger charge is -2.49. The number of halogens is 2. The second-order valence-corrected chi connectivity index (χ2v) is 6.63. The van der Waals surface area contributed by atoms with Gasteiger partial charge in [-0.05, 0) is 13.8 Å². The first kappa shape index (κ1) is 13.1. The van der Waals surface area contributed by atoms with Crippen LogP contribution in [-0.4, -0.2) is 47.1 Å². The molecule has 0 N–H and O–H groups in total. The zero-order chi connectivity index (χ0) is 13.3. The molecule has 0 unspecified atom stereocenters. The van der Waals surface area contributed by atoms with Gasteiger partial charge in [0.25, 0.3) is 0 Å². The molecule has 4 atom stereocenters. The van der Waals surface area contributed by atoms with Crippen molar-refractivity contribution in [3.63, 3.8) is 0 Å². The van der Waals surface area contributed by atoms with E-state index in [1.807, 2.05) is 0 Å². The molecule has 0 amide bonds. The summed E-state index contributed by atoms with van der Waals surface area (Å²) in [4.78, 5) is 11.6. The van der Waals surface area contributed by atoms with Crippen molar-refractivity contribution in [2.45, 2.75) is 54.5 Å². The molecule has 0 bridgehead atoms. The first-order chi connectivity index (χ1) is 8.23. The molecule has 1 saturated carbocycles. The lowest BCUT2D eigenvalue weighted by molar-refractivity contribution is -0.261. The van der Waals surface area contributed by atoms with Gasteiger partial charge in [-0.25, -0.2) is 0 Å². The summed E-state index contributed by atoms with van der Waals surface area (Å²) in [7, 11) is 1.50. The number of fused-ring (bicyclic) bond motifs is 2. The molecule has 5 nitrogen and oxygen atoms in total. The molecule has 1 spiro atoms. The SMILES string of the molecule is CO[C@@H]1O[C@@]2(CC(=O)C2(Cl)Cl)[C@H]2OC(C)(C)O[C@@H]12. The number of ketones is 1. The number of alkyl halides is 2. The normalized spacial score (nSPS) is 48.3. The Morgan fingerprint density at radius 2 is 1.94 bits per heavy atom. The summed E-state index contributed by atoms with van der Waals surface area (Å²) in [5.41, 5.74) is -1.08. The second-order valence-electron chi connectivity index (χ2n) is 5.31. The topological polar surface area (TPSA) is 54.0 Å². The van der Waals surface area contributed by atoms with Crippen LogP contribution in [0.15, 0.2) is 0 Å². The van der Waals surface area contributed by atoms with Crippen molar-refractivity contribution in [1.82, 2.24) is 0 Å². The fraction of sp³-hybridized carbons (Fsp3) is 0.909. The number of Topliss-reactive ketones (excluding diaryl/α,β-unsaturated/α-hetero) is 1. The molecular formula is C11H14Cl2O5. The highest BCUT2D eigenvalue weighted by Gasteiger charge is 2.78. The van der Waals surface area contributed by atoms with Crippen molar-refractivity contribution in [3.05, 3.63) is 0 Å². The minimum Gasteiger partial charge on any atom is -0.353 e. The lowest BCUT2D eigenvalue weighted by Crippen LogP contribution is -2.69. The van der Waals surface area contributed by atoms with E-state index in [9.17, 15) is 4.79 Å². The summed E-state index contributed by atoms with van der Waals surface area (Å²) in [6.45, 7) is 3.58. The maximum Gasteiger partial charge on any atom is 0.207 e. The summed E-state index contributed by atoms with van der Waals surface area (Å²) in [5, 5.41) is 0. The van der Waals surface area contributed by atoms with Gasteiger partial charge in [0.15, 0.2) is 17.9 Å². The Morgan fingerprint density at radius 1 is 1.28 bits per heavy atom. The van der Waals surface area contributed by atoms with Gasteiger partial charge >= 0.3 is 0 Å². The maximum absolute atomic E-state index is 11.6. The molecular weight excluding hydrogens is 283 g/mol. The number of hydrogen-bond donors (Lipinski definition) is 0. The monoisotopic (exact) mass is 296 g/mol. The summed E-state index contributed by atoms with van der Waals surface area (Å²) in [6.07, 6.45) is -1.47. The molecule has 3 aliphatic rings. The van der Waals surface area contributed by atoms with Gasteiger partial charge in [-0.15, -0.1) is 0 Å². The van der Waals surface area contributed by atoms with Gasteiger partial charge in [0.05, 0.1) is 0 Å². The molecule has 18 heavy (non-hydrogen) atoms. The zero-order valence-corrected chi connectivity index (χ0v) is 11.7. The Balaban J connectivity index is 1.97. The highest BCUT2D eigenvalue weighted by atomic mass is 35.5. The molecule has 1 aliphatic carbocycles. The largest absolute Gasteiger partial charge is 0.353 e. The van der Waals surface area contributed by atoms with Crippen LogP contribution in [0.4, 0.5) is 0 Å². The Bertz CT molecular complexity index is 410. The smallest absolute Gasteiger partial charge is 0.207 e. The van der Waals surface area contributed by atoms with Crippen molar-refractivity contribution in [3.8, 4) is 0 Å². The maximum atomic E-state index is 11.6. The fourth-order valence-electron chi connectivity index (χ4n) is 2.86. The van der Waals surface area contributed by atoms with Crippen molar-refractivity contribution in [2.24, 2.45) is 0 Å². The zero-order valence-electron chi connectivity index (χ0n) is 10.2. The van der Waals surface area contributed by atoms with Gasteiger partial charge in [0.1, 0.15) is 17.8 Å². The van der Waals surface area contributed by atoms with Crippen LogP contribution in [0.25, 0.3) is 0 Å². The molecule has 0 aromatic rings. The standard InChI is InChI=1S/C11H14Cl2O5/c1-9(2)16-6-7(17-9)10(18-8(6)15-3)4-5(14)11(10,12)13/h6-8H,4H2,1-3H3/t6-,7+,8-,10+/m1/s1. The van der Waals surface area contributed by atoms with Gasteiger partial charge in [-0.3, -0.25) is 4.79 Å². The van der Waals surface area contributed by atoms with Crippen LogP contribution >= 0.6 is 23.2 Å². The Morgan fingerprint density at radius 3 is 2.44 bits per heavy atom. The van der Waals surface area contributed by atoms with E-state index in [1.54, 1.807) is 13.8 Å². The first-order valence-corrected chi connectivity index (χ1v) is 6.46. The number of methoxy groups -OCH3 is 1. The average molecular weight is 297 g/mol. The van der Waals surface area contributed by atoms with Crippen LogP contribution in [0, 0.1) is 0 Å². The molecule has 2 heterocycles. The van der Waals surface area contributed by atoms with Gasteiger partial charge < -0.3 is 18.9 Å². The van der Waals surface area contributed by atoms with Gasteiger partial charge in [-0.1, -0.05) is 23.2 Å². The number of ether oxygens (including phenoxy) is 4. The lowest BCUT2D eigenvalue weighted by atomic mass is 9.73. The third kappa shape index (κ3) is 1.40. The Labute approximate surface area is 115 Å². The highest BCUT2D eigenvalue weighted by Crippen LogP contribution is 2.60. The second kappa shape index (κ2) is 3.59. The number of carbonyl (C=O) groups is 1. The van der Waals surface area contributed by atoms with Gasteiger partial charge in [0, 0.05) is 13.5 Å². The van der Waals surface area contributed by atoms with Gasteiger partial charge in [-0.2, -0.15) is 0 Å². The van der Waals surface area contributed by atoms with Crippen LogP contribution < -0.4 is 0 Å². The molecule has 7 heteroatoms. The molecule has 0 aromatic carbocycles. The van der Waals surface area contributed by atoms with E-state index in [2.05, 4.69) is 0 Å². The Hall–Kier alpha value is 0.0900. The fourth-order valence-corrected chi connectivity index (χ4v) is 3.43. The van der Waals surface area contributed by atoms with Crippen molar-refractivity contribution < 1.29 is 23.7 Å². The molecule has 0 aromatic heterocycles. The predicted molar refractivity (Wildman–Crippen MR) is 62.5 cm³/mol. The summed E-state index contributed by atoms with van der Waals surface area (Å²) < 4.78 is 20.9. The van der Waals surface area contributed by atoms with Crippen LogP contribution in [0.1, 0.15) is 20.3 Å². The Kier molecular flexibility index (Phi) is 2.61. The first-order valence-electron chi connectivity index (χ1n) is 5.71. The van der Waals surface area contributed by atoms with Gasteiger partial charge in [0.2, 0.25) is 4.33 Å². The van der Waals surface area contributed by atoms with E-state index in [0.717, 1.165) is 0 Å². The molecule has 102 valence electrons. The number of hydrogen-bond acceptors (Lipinski definition) is 5. The molecule has 3 fully saturated rings. The van der Waals surface area contributed by atoms with E-state index in [-0.39, 0.29) is 12.2 Å². The summed E-state index contributed by atoms with van der Waals surface area (Å²) in [6, 6.07) is 0. The van der Waals surface area contributed by atoms with Crippen molar-refractivity contribution >= 4 is 29.0 Å². The highest BCUT2D eigenvalue weighted by molar-refractivity contribution is 6.61. The van der Waals surface area contributed by atoms with Crippen LogP contribution in [0.2, 0.25) is 0 Å². The van der Waals surface area contributed by atoms with E-state index in [1.165, 1.54) is 7.11 Å². The van der Waals surface area contributed by atoms with Crippen LogP contribution in [0.5, 0.6) is 0 Å². The van der Waals surface area contributed by atoms with Crippen LogP contribution in [-0.2, 0) is 23.7 Å². The predicted octanol–water partition coefficient (Wildman–Crippen LogP) is 1.39. The molecule has 2 saturated heterocycles. The number of carbonyl (C=O) groups excluding carboxylic acids is 1. The van der Waals surface area contributed by atoms with Crippen molar-refractivity contribution in [1.29, 1.82) is 0 Å². The molecule has 2 aliphatic heterocycles. The van der Waals surface area contributed by atoms with E-state index in [4.69, 9.17) is 42.1 Å². The quantitative estimate of drug-likeness (QED) is 0.685. The minimum absolute atomic E-state index is 0.112. The summed E-state index contributed by atoms with van der Waals surface area (Å²) in [5.74, 6) is -1.04.